The number of carbonyl (C=O) groups is 3. The predicted octanol–water partition coefficient (Wildman–Crippen LogP) is 4.59. The molecule has 1 aliphatic rings. The molecule has 0 aliphatic carbocycles. The lowest BCUT2D eigenvalue weighted by atomic mass is 10.1. The summed E-state index contributed by atoms with van der Waals surface area (Å²) < 4.78 is 5.74. The van der Waals surface area contributed by atoms with Crippen LogP contribution in [0.15, 0.2) is 34.7 Å². The Balaban J connectivity index is 1.48. The van der Waals surface area contributed by atoms with Crippen LogP contribution in [0.3, 0.4) is 0 Å². The van der Waals surface area contributed by atoms with Crippen LogP contribution in [-0.2, 0) is 6.54 Å². The van der Waals surface area contributed by atoms with Gasteiger partial charge in [-0.05, 0) is 63.4 Å². The van der Waals surface area contributed by atoms with Gasteiger partial charge in [-0.2, -0.15) is 0 Å². The van der Waals surface area contributed by atoms with Crippen molar-refractivity contribution in [2.75, 3.05) is 38.0 Å². The van der Waals surface area contributed by atoms with E-state index in [-0.39, 0.29) is 23.4 Å². The van der Waals surface area contributed by atoms with Gasteiger partial charge in [0.2, 0.25) is 0 Å². The van der Waals surface area contributed by atoms with Crippen LogP contribution < -0.4 is 16.0 Å². The number of amides is 4. The number of piperazine rings is 1. The molecule has 1 saturated heterocycles. The highest BCUT2D eigenvalue weighted by Crippen LogP contribution is 2.24. The first-order valence-corrected chi connectivity index (χ1v) is 13.1. The van der Waals surface area contributed by atoms with Crippen LogP contribution in [0.1, 0.15) is 67.7 Å². The lowest BCUT2D eigenvalue weighted by Crippen LogP contribution is -2.48. The smallest absolute Gasteiger partial charge is 0.319 e. The number of hydrogen-bond acceptors (Lipinski definition) is 5. The maximum Gasteiger partial charge on any atom is 0.319 e. The van der Waals surface area contributed by atoms with Crippen LogP contribution in [0.5, 0.6) is 0 Å². The lowest BCUT2D eigenvalue weighted by Gasteiger charge is -2.34. The molecule has 9 nitrogen and oxygen atoms in total. The Labute approximate surface area is 223 Å². The van der Waals surface area contributed by atoms with E-state index in [0.717, 1.165) is 6.42 Å². The van der Waals surface area contributed by atoms with E-state index in [2.05, 4.69) is 34.7 Å². The Bertz CT molecular complexity index is 1100. The van der Waals surface area contributed by atoms with Crippen LogP contribution >= 0.6 is 11.6 Å². The largest absolute Gasteiger partial charge is 0.455 e. The molecule has 4 amide bonds. The second-order valence-corrected chi connectivity index (χ2v) is 11.2. The molecule has 1 fully saturated rings. The molecule has 37 heavy (non-hydrogen) atoms. The first kappa shape index (κ1) is 28.5. The SMILES string of the molecule is CC(C)CCNC(=O)Nc1ccc(C(=O)N2CCN(Cc3ccc(C(=O)NC(C)(C)C)o3)CC2)cc1Cl. The Morgan fingerprint density at radius 2 is 1.76 bits per heavy atom. The van der Waals surface area contributed by atoms with Gasteiger partial charge in [0, 0.05) is 43.8 Å². The number of hydrogen-bond donors (Lipinski definition) is 3. The molecular weight excluding hydrogens is 494 g/mol. The highest BCUT2D eigenvalue weighted by Gasteiger charge is 2.24. The fourth-order valence-corrected chi connectivity index (χ4v) is 4.12. The van der Waals surface area contributed by atoms with Crippen LogP contribution in [0.2, 0.25) is 5.02 Å². The van der Waals surface area contributed by atoms with Crippen LogP contribution in [0, 0.1) is 5.92 Å². The van der Waals surface area contributed by atoms with Crippen molar-refractivity contribution >= 4 is 35.1 Å². The molecule has 0 saturated carbocycles. The standard InChI is InChI=1S/C27H38ClN5O4/c1-18(2)10-11-29-26(36)30-22-8-6-19(16-21(22)28)25(35)33-14-12-32(13-15-33)17-20-7-9-23(37-20)24(34)31-27(3,4)5/h6-9,16,18H,10-15,17H2,1-5H3,(H,31,34)(H2,29,30,36). The van der Waals surface area contributed by atoms with Gasteiger partial charge in [0.1, 0.15) is 5.76 Å². The topological polar surface area (TPSA) is 107 Å². The summed E-state index contributed by atoms with van der Waals surface area (Å²) in [6.07, 6.45) is 0.888. The van der Waals surface area contributed by atoms with E-state index in [1.54, 1.807) is 29.2 Å². The molecule has 2 aromatic rings. The number of furan rings is 1. The second kappa shape index (κ2) is 12.5. The van der Waals surface area contributed by atoms with Crippen molar-refractivity contribution in [1.82, 2.24) is 20.4 Å². The molecule has 0 radical (unpaired) electrons. The molecule has 0 atom stereocenters. The van der Waals surface area contributed by atoms with Gasteiger partial charge in [-0.3, -0.25) is 14.5 Å². The molecule has 10 heteroatoms. The fourth-order valence-electron chi connectivity index (χ4n) is 3.89. The van der Waals surface area contributed by atoms with Gasteiger partial charge in [-0.25, -0.2) is 4.79 Å². The third-order valence-corrected chi connectivity index (χ3v) is 6.20. The highest BCUT2D eigenvalue weighted by atomic mass is 35.5. The van der Waals surface area contributed by atoms with E-state index >= 15 is 0 Å². The molecule has 202 valence electrons. The maximum atomic E-state index is 13.0. The molecular formula is C27H38ClN5O4. The van der Waals surface area contributed by atoms with Gasteiger partial charge in [0.25, 0.3) is 11.8 Å². The van der Waals surface area contributed by atoms with E-state index in [9.17, 15) is 14.4 Å². The van der Waals surface area contributed by atoms with Crippen molar-refractivity contribution in [1.29, 1.82) is 0 Å². The van der Waals surface area contributed by atoms with Gasteiger partial charge in [0.15, 0.2) is 5.76 Å². The third kappa shape index (κ3) is 8.79. The molecule has 2 heterocycles. The van der Waals surface area contributed by atoms with Crippen molar-refractivity contribution in [3.63, 3.8) is 0 Å². The first-order valence-electron chi connectivity index (χ1n) is 12.7. The number of benzene rings is 1. The Kier molecular flexibility index (Phi) is 9.62. The lowest BCUT2D eigenvalue weighted by molar-refractivity contribution is 0.0618. The third-order valence-electron chi connectivity index (χ3n) is 5.88. The fraction of sp³-hybridized carbons (Fsp3) is 0.519. The zero-order valence-corrected chi connectivity index (χ0v) is 23.1. The van der Waals surface area contributed by atoms with E-state index in [1.807, 2.05) is 26.8 Å². The molecule has 1 aromatic heterocycles. The summed E-state index contributed by atoms with van der Waals surface area (Å²) in [5.41, 5.74) is 0.597. The van der Waals surface area contributed by atoms with Crippen LogP contribution in [0.25, 0.3) is 0 Å². The molecule has 3 N–H and O–H groups in total. The Morgan fingerprint density at radius 1 is 1.05 bits per heavy atom. The summed E-state index contributed by atoms with van der Waals surface area (Å²) in [6.45, 7) is 13.6. The number of urea groups is 1. The number of rotatable bonds is 8. The maximum absolute atomic E-state index is 13.0. The van der Waals surface area contributed by atoms with Crippen molar-refractivity contribution in [2.45, 2.75) is 53.1 Å². The van der Waals surface area contributed by atoms with Crippen LogP contribution in [-0.4, -0.2) is 65.9 Å². The summed E-state index contributed by atoms with van der Waals surface area (Å²) in [5, 5.41) is 8.73. The zero-order chi connectivity index (χ0) is 27.2. The van der Waals surface area contributed by atoms with E-state index < -0.39 is 0 Å². The Hall–Kier alpha value is -3.04. The summed E-state index contributed by atoms with van der Waals surface area (Å²) in [4.78, 5) is 41.4. The summed E-state index contributed by atoms with van der Waals surface area (Å²) in [5.74, 6) is 1.17. The highest BCUT2D eigenvalue weighted by molar-refractivity contribution is 6.34. The van der Waals surface area contributed by atoms with Gasteiger partial charge < -0.3 is 25.3 Å². The van der Waals surface area contributed by atoms with Crippen molar-refractivity contribution in [3.05, 3.63) is 52.4 Å². The van der Waals surface area contributed by atoms with Crippen molar-refractivity contribution in [2.24, 2.45) is 5.92 Å². The van der Waals surface area contributed by atoms with Gasteiger partial charge in [0.05, 0.1) is 17.3 Å². The second-order valence-electron chi connectivity index (χ2n) is 10.8. The van der Waals surface area contributed by atoms with Crippen molar-refractivity contribution in [3.8, 4) is 0 Å². The minimum Gasteiger partial charge on any atom is -0.455 e. The number of anilines is 1. The normalized spacial score (nSPS) is 14.5. The average Bonchev–Trinajstić information content (AvgIpc) is 3.28. The molecule has 0 spiro atoms. The molecule has 3 rings (SSSR count). The summed E-state index contributed by atoms with van der Waals surface area (Å²) in [6, 6.07) is 8.10. The molecule has 1 aliphatic heterocycles. The minimum absolute atomic E-state index is 0.103. The van der Waals surface area contributed by atoms with Gasteiger partial charge in [-0.15, -0.1) is 0 Å². The molecule has 0 bridgehead atoms. The van der Waals surface area contributed by atoms with Crippen molar-refractivity contribution < 1.29 is 18.8 Å². The number of carbonyl (C=O) groups excluding carboxylic acids is 3. The van der Waals surface area contributed by atoms with Gasteiger partial charge in [-0.1, -0.05) is 25.4 Å². The van der Waals surface area contributed by atoms with Crippen LogP contribution in [0.4, 0.5) is 10.5 Å². The number of nitrogens with zero attached hydrogens (tertiary/aromatic N) is 2. The van der Waals surface area contributed by atoms with E-state index in [4.69, 9.17) is 16.0 Å². The molecule has 0 unspecified atom stereocenters. The van der Waals surface area contributed by atoms with E-state index in [0.29, 0.717) is 73.0 Å². The minimum atomic E-state index is -0.338. The monoisotopic (exact) mass is 531 g/mol. The molecule has 1 aromatic carbocycles. The summed E-state index contributed by atoms with van der Waals surface area (Å²) in [7, 11) is 0. The van der Waals surface area contributed by atoms with Gasteiger partial charge >= 0.3 is 6.03 Å². The number of nitrogens with one attached hydrogen (secondary N) is 3. The summed E-state index contributed by atoms with van der Waals surface area (Å²) >= 11 is 6.35. The predicted molar refractivity (Wildman–Crippen MR) is 145 cm³/mol. The average molecular weight is 532 g/mol. The zero-order valence-electron chi connectivity index (χ0n) is 22.3. The quantitative estimate of drug-likeness (QED) is 0.462. The van der Waals surface area contributed by atoms with E-state index in [1.165, 1.54) is 0 Å². The Morgan fingerprint density at radius 3 is 2.38 bits per heavy atom. The number of halogens is 1. The first-order chi connectivity index (χ1) is 17.4.